The number of aliphatic carboxylic acids is 1. The summed E-state index contributed by atoms with van der Waals surface area (Å²) in [5.74, 6) is 3.00. The highest BCUT2D eigenvalue weighted by Gasteiger charge is 2.51. The van der Waals surface area contributed by atoms with E-state index in [4.69, 9.17) is 9.84 Å². The Morgan fingerprint density at radius 1 is 1.04 bits per heavy atom. The standard InChI is InChI=1S/C20H26O3.ClH/c21-19(22)2-1-7-23-18-5-3-17(4-6-18)20-11-14-8-15(12-20)10-16(9-14)13-20;/h3-6,14-16H,1-2,7-13H2,(H,21,22);1H. The molecule has 3 nitrogen and oxygen atoms in total. The average molecular weight is 351 g/mol. The number of hydrogen-bond acceptors (Lipinski definition) is 2. The molecule has 1 N–H and O–H groups in total. The van der Waals surface area contributed by atoms with Gasteiger partial charge in [-0.2, -0.15) is 0 Å². The fourth-order valence-corrected chi connectivity index (χ4v) is 5.78. The van der Waals surface area contributed by atoms with Gasteiger partial charge < -0.3 is 9.84 Å². The van der Waals surface area contributed by atoms with Crippen molar-refractivity contribution in [2.45, 2.75) is 56.8 Å². The van der Waals surface area contributed by atoms with Crippen molar-refractivity contribution in [3.63, 3.8) is 0 Å². The van der Waals surface area contributed by atoms with E-state index in [1.165, 1.54) is 44.1 Å². The maximum Gasteiger partial charge on any atom is 0.303 e. The first-order valence-electron chi connectivity index (χ1n) is 9.08. The highest BCUT2D eigenvalue weighted by Crippen LogP contribution is 2.60. The first-order valence-corrected chi connectivity index (χ1v) is 9.08. The van der Waals surface area contributed by atoms with Crippen molar-refractivity contribution >= 4 is 18.4 Å². The molecule has 4 saturated carbocycles. The molecule has 132 valence electrons. The summed E-state index contributed by atoms with van der Waals surface area (Å²) in [5.41, 5.74) is 1.95. The lowest BCUT2D eigenvalue weighted by Gasteiger charge is -2.57. The number of rotatable bonds is 6. The van der Waals surface area contributed by atoms with E-state index in [9.17, 15) is 4.79 Å². The molecular weight excluding hydrogens is 324 g/mol. The van der Waals surface area contributed by atoms with Gasteiger partial charge in [-0.1, -0.05) is 12.1 Å². The highest BCUT2D eigenvalue weighted by molar-refractivity contribution is 5.85. The SMILES string of the molecule is Cl.O=C(O)CCCOc1ccc(C23CC4CC(CC(C4)C2)C3)cc1. The second kappa shape index (κ2) is 6.95. The van der Waals surface area contributed by atoms with E-state index in [0.717, 1.165) is 23.5 Å². The number of benzene rings is 1. The first-order chi connectivity index (χ1) is 11.1. The molecule has 0 saturated heterocycles. The number of halogens is 1. The average Bonchev–Trinajstić information content (AvgIpc) is 2.51. The topological polar surface area (TPSA) is 46.5 Å². The van der Waals surface area contributed by atoms with E-state index in [2.05, 4.69) is 24.3 Å². The van der Waals surface area contributed by atoms with Crippen molar-refractivity contribution in [3.8, 4) is 5.75 Å². The molecule has 1 aromatic rings. The second-order valence-electron chi connectivity index (χ2n) is 8.07. The van der Waals surface area contributed by atoms with Crippen LogP contribution in [0.1, 0.15) is 56.9 Å². The van der Waals surface area contributed by atoms with Gasteiger partial charge in [-0.05, 0) is 85.8 Å². The van der Waals surface area contributed by atoms with E-state index in [1.807, 2.05) is 0 Å². The summed E-state index contributed by atoms with van der Waals surface area (Å²) >= 11 is 0. The van der Waals surface area contributed by atoms with Gasteiger partial charge >= 0.3 is 5.97 Å². The monoisotopic (exact) mass is 350 g/mol. The van der Waals surface area contributed by atoms with Crippen LogP contribution < -0.4 is 4.74 Å². The molecule has 0 heterocycles. The lowest BCUT2D eigenvalue weighted by atomic mass is 9.48. The molecule has 4 fully saturated rings. The van der Waals surface area contributed by atoms with Crippen LogP contribution in [0.4, 0.5) is 0 Å². The zero-order chi connectivity index (χ0) is 15.9. The molecule has 4 aliphatic rings. The van der Waals surface area contributed by atoms with Gasteiger partial charge in [-0.25, -0.2) is 0 Å². The number of carboxylic acid groups (broad SMARTS) is 1. The lowest BCUT2D eigenvalue weighted by molar-refractivity contribution is -0.137. The summed E-state index contributed by atoms with van der Waals surface area (Å²) in [6, 6.07) is 8.68. The Balaban J connectivity index is 0.00000169. The first kappa shape index (κ1) is 17.6. The van der Waals surface area contributed by atoms with Crippen LogP contribution in [0.3, 0.4) is 0 Å². The van der Waals surface area contributed by atoms with E-state index in [1.54, 1.807) is 0 Å². The largest absolute Gasteiger partial charge is 0.494 e. The van der Waals surface area contributed by atoms with Crippen LogP contribution in [-0.2, 0) is 10.2 Å². The third-order valence-corrected chi connectivity index (χ3v) is 6.31. The minimum atomic E-state index is -0.759. The van der Waals surface area contributed by atoms with Gasteiger partial charge in [0, 0.05) is 6.42 Å². The molecule has 24 heavy (non-hydrogen) atoms. The fraction of sp³-hybridized carbons (Fsp3) is 0.650. The molecule has 0 unspecified atom stereocenters. The van der Waals surface area contributed by atoms with Crippen molar-refractivity contribution in [1.82, 2.24) is 0 Å². The predicted octanol–water partition coefficient (Wildman–Crippen LogP) is 4.82. The van der Waals surface area contributed by atoms with Crippen molar-refractivity contribution in [2.24, 2.45) is 17.8 Å². The molecule has 4 aliphatic carbocycles. The molecule has 4 bridgehead atoms. The van der Waals surface area contributed by atoms with Gasteiger partial charge in [0.2, 0.25) is 0 Å². The van der Waals surface area contributed by atoms with E-state index < -0.39 is 5.97 Å². The van der Waals surface area contributed by atoms with Crippen molar-refractivity contribution in [1.29, 1.82) is 0 Å². The third-order valence-electron chi connectivity index (χ3n) is 6.31. The molecule has 0 aliphatic heterocycles. The van der Waals surface area contributed by atoms with Crippen LogP contribution in [0, 0.1) is 17.8 Å². The molecule has 0 spiro atoms. The van der Waals surface area contributed by atoms with Gasteiger partial charge in [0.1, 0.15) is 5.75 Å². The third kappa shape index (κ3) is 3.42. The van der Waals surface area contributed by atoms with Gasteiger partial charge in [0.15, 0.2) is 0 Å². The Morgan fingerprint density at radius 2 is 1.58 bits per heavy atom. The van der Waals surface area contributed by atoms with Gasteiger partial charge in [-0.3, -0.25) is 4.79 Å². The summed E-state index contributed by atoms with van der Waals surface area (Å²) in [4.78, 5) is 10.5. The van der Waals surface area contributed by atoms with Crippen LogP contribution in [-0.4, -0.2) is 17.7 Å². The molecule has 0 aromatic heterocycles. The van der Waals surface area contributed by atoms with Crippen LogP contribution >= 0.6 is 12.4 Å². The Hall–Kier alpha value is -1.22. The minimum absolute atomic E-state index is 0. The quantitative estimate of drug-likeness (QED) is 0.748. The molecule has 4 heteroatoms. The van der Waals surface area contributed by atoms with Crippen molar-refractivity contribution in [3.05, 3.63) is 29.8 Å². The molecule has 0 radical (unpaired) electrons. The molecule has 1 aromatic carbocycles. The Labute approximate surface area is 150 Å². The van der Waals surface area contributed by atoms with E-state index >= 15 is 0 Å². The maximum absolute atomic E-state index is 10.5. The Kier molecular flexibility index (Phi) is 5.10. The minimum Gasteiger partial charge on any atom is -0.494 e. The van der Waals surface area contributed by atoms with Gasteiger partial charge in [0.05, 0.1) is 6.61 Å². The van der Waals surface area contributed by atoms with Crippen molar-refractivity contribution in [2.75, 3.05) is 6.61 Å². The number of hydrogen-bond donors (Lipinski definition) is 1. The second-order valence-corrected chi connectivity index (χ2v) is 8.07. The molecule has 0 amide bonds. The highest BCUT2D eigenvalue weighted by atomic mass is 35.5. The summed E-state index contributed by atoms with van der Waals surface area (Å²) in [5, 5.41) is 8.64. The molecule has 5 rings (SSSR count). The number of carbonyl (C=O) groups is 1. The van der Waals surface area contributed by atoms with E-state index in [-0.39, 0.29) is 18.8 Å². The molecular formula is C20H27ClO3. The zero-order valence-corrected chi connectivity index (χ0v) is 14.9. The Morgan fingerprint density at radius 3 is 2.08 bits per heavy atom. The summed E-state index contributed by atoms with van der Waals surface area (Å²) in [6.45, 7) is 0.475. The van der Waals surface area contributed by atoms with Crippen LogP contribution in [0.25, 0.3) is 0 Å². The predicted molar refractivity (Wildman–Crippen MR) is 95.9 cm³/mol. The normalized spacial score (nSPS) is 33.1. The number of carboxylic acids is 1. The fourth-order valence-electron chi connectivity index (χ4n) is 5.78. The summed E-state index contributed by atoms with van der Waals surface area (Å²) < 4.78 is 5.67. The zero-order valence-electron chi connectivity index (χ0n) is 14.1. The van der Waals surface area contributed by atoms with Crippen LogP contribution in [0.2, 0.25) is 0 Å². The van der Waals surface area contributed by atoms with Gasteiger partial charge in [0.25, 0.3) is 0 Å². The number of ether oxygens (including phenoxy) is 1. The summed E-state index contributed by atoms with van der Waals surface area (Å²) in [7, 11) is 0. The van der Waals surface area contributed by atoms with E-state index in [0.29, 0.717) is 18.4 Å². The van der Waals surface area contributed by atoms with Crippen LogP contribution in [0.15, 0.2) is 24.3 Å². The van der Waals surface area contributed by atoms with Gasteiger partial charge in [-0.15, -0.1) is 12.4 Å². The maximum atomic E-state index is 10.5. The van der Waals surface area contributed by atoms with Crippen LogP contribution in [0.5, 0.6) is 5.75 Å². The molecule has 0 atom stereocenters. The lowest BCUT2D eigenvalue weighted by Crippen LogP contribution is -2.48. The smallest absolute Gasteiger partial charge is 0.303 e. The Bertz CT molecular complexity index is 546. The van der Waals surface area contributed by atoms with Crippen molar-refractivity contribution < 1.29 is 14.6 Å². The summed E-state index contributed by atoms with van der Waals surface area (Å²) in [6.07, 6.45) is 9.32.